The lowest BCUT2D eigenvalue weighted by molar-refractivity contribution is -0.0280. The van der Waals surface area contributed by atoms with Crippen molar-refractivity contribution in [3.63, 3.8) is 0 Å². The number of morpholine rings is 1. The van der Waals surface area contributed by atoms with Gasteiger partial charge in [-0.15, -0.1) is 0 Å². The fourth-order valence-electron chi connectivity index (χ4n) is 2.97. The molecule has 1 saturated heterocycles. The molecule has 1 fully saturated rings. The number of hydrogen-bond acceptors (Lipinski definition) is 2. The molecule has 0 N–H and O–H groups in total. The first-order valence-corrected chi connectivity index (χ1v) is 6.91. The Morgan fingerprint density at radius 1 is 1.21 bits per heavy atom. The molecule has 1 aliphatic rings. The van der Waals surface area contributed by atoms with Crippen molar-refractivity contribution in [1.29, 1.82) is 0 Å². The summed E-state index contributed by atoms with van der Waals surface area (Å²) in [7, 11) is 2.15. The summed E-state index contributed by atoms with van der Waals surface area (Å²) in [5, 5.41) is 1.32. The number of ether oxygens (including phenoxy) is 1. The summed E-state index contributed by atoms with van der Waals surface area (Å²) >= 11 is 0. The SMILES string of the molecule is Cc1ccc2c(c1)cc(N1CCOC(C)(C)C1)n2C. The molecule has 102 valence electrons. The van der Waals surface area contributed by atoms with Crippen LogP contribution in [-0.4, -0.2) is 29.9 Å². The minimum atomic E-state index is -0.0649. The zero-order chi connectivity index (χ0) is 13.6. The maximum absolute atomic E-state index is 5.80. The zero-order valence-corrected chi connectivity index (χ0v) is 12.2. The molecule has 0 bridgehead atoms. The summed E-state index contributed by atoms with van der Waals surface area (Å²) in [4.78, 5) is 2.43. The molecular formula is C16H22N2O. The van der Waals surface area contributed by atoms with E-state index < -0.39 is 0 Å². The Bertz CT molecular complexity index is 612. The first kappa shape index (κ1) is 12.5. The van der Waals surface area contributed by atoms with Gasteiger partial charge in [0.15, 0.2) is 0 Å². The van der Waals surface area contributed by atoms with Crippen molar-refractivity contribution in [2.24, 2.45) is 7.05 Å². The molecule has 3 nitrogen and oxygen atoms in total. The van der Waals surface area contributed by atoms with E-state index in [4.69, 9.17) is 4.74 Å². The standard InChI is InChI=1S/C16H22N2O/c1-12-5-6-14-13(9-12)10-15(17(14)4)18-7-8-19-16(2,3)11-18/h5-6,9-10H,7-8,11H2,1-4H3. The van der Waals surface area contributed by atoms with Gasteiger partial charge in [0.1, 0.15) is 5.82 Å². The van der Waals surface area contributed by atoms with Gasteiger partial charge in [0.05, 0.1) is 12.2 Å². The van der Waals surface area contributed by atoms with Gasteiger partial charge in [-0.1, -0.05) is 11.6 Å². The molecule has 2 aromatic rings. The van der Waals surface area contributed by atoms with Crippen LogP contribution in [0.25, 0.3) is 10.9 Å². The van der Waals surface area contributed by atoms with Crippen LogP contribution >= 0.6 is 0 Å². The van der Waals surface area contributed by atoms with E-state index in [-0.39, 0.29) is 5.60 Å². The lowest BCUT2D eigenvalue weighted by atomic mass is 10.1. The van der Waals surface area contributed by atoms with Crippen molar-refractivity contribution in [1.82, 2.24) is 4.57 Å². The summed E-state index contributed by atoms with van der Waals surface area (Å²) in [6.07, 6.45) is 0. The molecule has 1 aliphatic heterocycles. The Kier molecular flexibility index (Phi) is 2.82. The summed E-state index contributed by atoms with van der Waals surface area (Å²) in [5.74, 6) is 1.29. The monoisotopic (exact) mass is 258 g/mol. The first-order chi connectivity index (χ1) is 8.96. The molecule has 0 aliphatic carbocycles. The minimum absolute atomic E-state index is 0.0649. The number of aromatic nitrogens is 1. The Labute approximate surface area is 114 Å². The van der Waals surface area contributed by atoms with E-state index in [2.05, 4.69) is 61.6 Å². The summed E-state index contributed by atoms with van der Waals surface area (Å²) in [6.45, 7) is 9.16. The van der Waals surface area contributed by atoms with Crippen LogP contribution in [0.2, 0.25) is 0 Å². The van der Waals surface area contributed by atoms with Crippen molar-refractivity contribution in [3.8, 4) is 0 Å². The van der Waals surface area contributed by atoms with Crippen molar-refractivity contribution < 1.29 is 4.74 Å². The van der Waals surface area contributed by atoms with Gasteiger partial charge < -0.3 is 14.2 Å². The molecule has 0 radical (unpaired) electrons. The fraction of sp³-hybridized carbons (Fsp3) is 0.500. The molecule has 0 amide bonds. The maximum Gasteiger partial charge on any atom is 0.109 e. The summed E-state index contributed by atoms with van der Waals surface area (Å²) in [6, 6.07) is 8.93. The number of aryl methyl sites for hydroxylation is 2. The quantitative estimate of drug-likeness (QED) is 0.782. The molecule has 1 aromatic carbocycles. The largest absolute Gasteiger partial charge is 0.372 e. The van der Waals surface area contributed by atoms with Gasteiger partial charge in [0, 0.05) is 31.0 Å². The third-order valence-electron chi connectivity index (χ3n) is 3.92. The second-order valence-electron chi connectivity index (χ2n) is 6.15. The number of hydrogen-bond donors (Lipinski definition) is 0. The van der Waals surface area contributed by atoms with Crippen LogP contribution in [-0.2, 0) is 11.8 Å². The topological polar surface area (TPSA) is 17.4 Å². The van der Waals surface area contributed by atoms with Crippen LogP contribution in [0.1, 0.15) is 19.4 Å². The van der Waals surface area contributed by atoms with Crippen molar-refractivity contribution in [2.45, 2.75) is 26.4 Å². The average Bonchev–Trinajstić information content (AvgIpc) is 2.65. The lowest BCUT2D eigenvalue weighted by Gasteiger charge is -2.39. The Morgan fingerprint density at radius 3 is 2.74 bits per heavy atom. The van der Waals surface area contributed by atoms with Gasteiger partial charge in [-0.3, -0.25) is 0 Å². The van der Waals surface area contributed by atoms with Crippen LogP contribution in [0.4, 0.5) is 5.82 Å². The van der Waals surface area contributed by atoms with E-state index >= 15 is 0 Å². The number of rotatable bonds is 1. The molecule has 0 unspecified atom stereocenters. The van der Waals surface area contributed by atoms with Crippen LogP contribution in [0.15, 0.2) is 24.3 Å². The van der Waals surface area contributed by atoms with Crippen molar-refractivity contribution >= 4 is 16.7 Å². The Hall–Kier alpha value is -1.48. The Balaban J connectivity index is 2.03. The fourth-order valence-corrected chi connectivity index (χ4v) is 2.97. The molecular weight excluding hydrogens is 236 g/mol. The van der Waals surface area contributed by atoms with Crippen molar-refractivity contribution in [3.05, 3.63) is 29.8 Å². The molecule has 0 spiro atoms. The van der Waals surface area contributed by atoms with Crippen LogP contribution in [0.3, 0.4) is 0 Å². The zero-order valence-electron chi connectivity index (χ0n) is 12.2. The number of anilines is 1. The molecule has 19 heavy (non-hydrogen) atoms. The van der Waals surface area contributed by atoms with E-state index in [0.717, 1.165) is 19.7 Å². The van der Waals surface area contributed by atoms with Gasteiger partial charge in [-0.05, 0) is 39.0 Å². The average molecular weight is 258 g/mol. The molecule has 0 saturated carbocycles. The van der Waals surface area contributed by atoms with Crippen molar-refractivity contribution in [2.75, 3.05) is 24.6 Å². The predicted molar refractivity (Wildman–Crippen MR) is 79.9 cm³/mol. The molecule has 2 heterocycles. The van der Waals surface area contributed by atoms with Crippen LogP contribution in [0.5, 0.6) is 0 Å². The van der Waals surface area contributed by atoms with E-state index in [9.17, 15) is 0 Å². The minimum Gasteiger partial charge on any atom is -0.372 e. The number of benzene rings is 1. The Morgan fingerprint density at radius 2 is 2.00 bits per heavy atom. The smallest absolute Gasteiger partial charge is 0.109 e. The van der Waals surface area contributed by atoms with E-state index in [1.54, 1.807) is 0 Å². The highest BCUT2D eigenvalue weighted by atomic mass is 16.5. The van der Waals surface area contributed by atoms with Gasteiger partial charge in [0.2, 0.25) is 0 Å². The highest BCUT2D eigenvalue weighted by Gasteiger charge is 2.28. The number of nitrogens with zero attached hydrogens (tertiary/aromatic N) is 2. The normalized spacial score (nSPS) is 19.1. The first-order valence-electron chi connectivity index (χ1n) is 6.91. The van der Waals surface area contributed by atoms with Gasteiger partial charge >= 0.3 is 0 Å². The van der Waals surface area contributed by atoms with E-state index in [1.807, 2.05) is 0 Å². The van der Waals surface area contributed by atoms with Gasteiger partial charge in [-0.25, -0.2) is 0 Å². The third-order valence-corrected chi connectivity index (χ3v) is 3.92. The lowest BCUT2D eigenvalue weighted by Crippen LogP contribution is -2.48. The maximum atomic E-state index is 5.80. The van der Waals surface area contributed by atoms with Crippen LogP contribution in [0, 0.1) is 6.92 Å². The summed E-state index contributed by atoms with van der Waals surface area (Å²) < 4.78 is 8.09. The summed E-state index contributed by atoms with van der Waals surface area (Å²) in [5.41, 5.74) is 2.54. The molecule has 3 rings (SSSR count). The van der Waals surface area contributed by atoms with Gasteiger partial charge in [-0.2, -0.15) is 0 Å². The molecule has 1 aromatic heterocycles. The molecule has 3 heteroatoms. The third kappa shape index (κ3) is 2.23. The second kappa shape index (κ2) is 4.27. The molecule has 0 atom stereocenters. The van der Waals surface area contributed by atoms with Crippen LogP contribution < -0.4 is 4.90 Å². The second-order valence-corrected chi connectivity index (χ2v) is 6.15. The predicted octanol–water partition coefficient (Wildman–Crippen LogP) is 3.10. The highest BCUT2D eigenvalue weighted by Crippen LogP contribution is 2.29. The van der Waals surface area contributed by atoms with E-state index in [1.165, 1.54) is 22.3 Å². The van der Waals surface area contributed by atoms with E-state index in [0.29, 0.717) is 0 Å². The number of fused-ring (bicyclic) bond motifs is 1. The highest BCUT2D eigenvalue weighted by molar-refractivity contribution is 5.85. The van der Waals surface area contributed by atoms with Gasteiger partial charge in [0.25, 0.3) is 0 Å².